The van der Waals surface area contributed by atoms with E-state index in [0.29, 0.717) is 22.7 Å². The van der Waals surface area contributed by atoms with Crippen LogP contribution in [0.4, 0.5) is 15.8 Å². The summed E-state index contributed by atoms with van der Waals surface area (Å²) < 4.78 is 26.1. The number of aryl methyl sites for hydroxylation is 2. The third kappa shape index (κ3) is 5.47. The molecule has 0 radical (unpaired) electrons. The molecule has 1 amide bonds. The number of hydrogen-bond acceptors (Lipinski definition) is 5. The molecule has 1 heterocycles. The number of carbonyl (C=O) groups is 2. The van der Waals surface area contributed by atoms with Gasteiger partial charge in [0, 0.05) is 36.2 Å². The van der Waals surface area contributed by atoms with Crippen molar-refractivity contribution in [2.24, 2.45) is 0 Å². The van der Waals surface area contributed by atoms with Crippen molar-refractivity contribution in [3.63, 3.8) is 0 Å². The molecule has 0 saturated carbocycles. The minimum absolute atomic E-state index is 0.0325. The number of fused-ring (bicyclic) bond motifs is 1. The lowest BCUT2D eigenvalue weighted by Crippen LogP contribution is -2.52. The van der Waals surface area contributed by atoms with E-state index in [1.807, 2.05) is 82.3 Å². The third-order valence-electron chi connectivity index (χ3n) is 7.79. The van der Waals surface area contributed by atoms with Crippen LogP contribution in [0.1, 0.15) is 46.5 Å². The summed E-state index contributed by atoms with van der Waals surface area (Å²) in [5.74, 6) is 0.566. The Bertz CT molecular complexity index is 1690. The van der Waals surface area contributed by atoms with E-state index in [-0.39, 0.29) is 30.5 Å². The van der Waals surface area contributed by atoms with Crippen LogP contribution in [0.2, 0.25) is 0 Å². The number of nitrogens with zero attached hydrogens (tertiary/aromatic N) is 1. The summed E-state index contributed by atoms with van der Waals surface area (Å²) >= 11 is 0. The van der Waals surface area contributed by atoms with Crippen LogP contribution in [-0.2, 0) is 17.8 Å². The number of likely N-dealkylation sites (N-methyl/N-ethyl adjacent to an activating group) is 1. The quantitative estimate of drug-likeness (QED) is 0.227. The van der Waals surface area contributed by atoms with Crippen LogP contribution in [0.3, 0.4) is 0 Å². The van der Waals surface area contributed by atoms with Crippen molar-refractivity contribution in [1.82, 2.24) is 0 Å². The molecule has 4 aromatic rings. The SMILES string of the molecule is COc1cc(CC(=O)c2ccccc2C)ccc1-c1ccc2c(c1COc1cc(F)ccc1C)N(C)C(=O)C(C)(C)N2. The highest BCUT2D eigenvalue weighted by Crippen LogP contribution is 2.44. The zero-order valence-corrected chi connectivity index (χ0v) is 24.8. The molecule has 0 aliphatic carbocycles. The number of hydrogen-bond donors (Lipinski definition) is 1. The predicted octanol–water partition coefficient (Wildman–Crippen LogP) is 7.29. The molecule has 0 spiro atoms. The average Bonchev–Trinajstić information content (AvgIpc) is 2.96. The molecule has 42 heavy (non-hydrogen) atoms. The highest BCUT2D eigenvalue weighted by molar-refractivity contribution is 6.09. The molecule has 0 unspecified atom stereocenters. The minimum atomic E-state index is -0.788. The Balaban J connectivity index is 1.58. The Labute approximate surface area is 246 Å². The molecule has 6 nitrogen and oxygen atoms in total. The summed E-state index contributed by atoms with van der Waals surface area (Å²) in [6.07, 6.45) is 0.233. The molecule has 0 aromatic heterocycles. The second-order valence-electron chi connectivity index (χ2n) is 11.3. The number of Topliss-reactive ketones (excluding diaryl/α,β-unsaturated/α-hetero) is 1. The van der Waals surface area contributed by atoms with Gasteiger partial charge in [-0.1, -0.05) is 48.5 Å². The van der Waals surface area contributed by atoms with Crippen LogP contribution in [0.25, 0.3) is 11.1 Å². The Morgan fingerprint density at radius 3 is 2.40 bits per heavy atom. The summed E-state index contributed by atoms with van der Waals surface area (Å²) in [7, 11) is 3.35. The second kappa shape index (κ2) is 11.3. The molecule has 216 valence electrons. The standard InChI is InChI=1S/C35H35FN2O4/c1-21-9-7-8-10-25(21)30(39)17-23-12-14-27(32(18-23)41-6)26-15-16-29-33(38(5)34(40)35(3,4)37-29)28(26)20-42-31-19-24(36)13-11-22(31)2/h7-16,18-19,37H,17,20H2,1-6H3. The highest BCUT2D eigenvalue weighted by atomic mass is 19.1. The van der Waals surface area contributed by atoms with Crippen LogP contribution < -0.4 is 19.7 Å². The van der Waals surface area contributed by atoms with Gasteiger partial charge in [0.25, 0.3) is 5.91 Å². The Hall–Kier alpha value is -4.65. The lowest BCUT2D eigenvalue weighted by Gasteiger charge is -2.39. The number of methoxy groups -OCH3 is 1. The number of ketones is 1. The predicted molar refractivity (Wildman–Crippen MR) is 164 cm³/mol. The van der Waals surface area contributed by atoms with Gasteiger partial charge in [0.15, 0.2) is 5.78 Å². The summed E-state index contributed by atoms with van der Waals surface area (Å²) in [4.78, 5) is 28.0. The van der Waals surface area contributed by atoms with Gasteiger partial charge >= 0.3 is 0 Å². The maximum atomic E-state index is 14.1. The Morgan fingerprint density at radius 1 is 0.929 bits per heavy atom. The summed E-state index contributed by atoms with van der Waals surface area (Å²) in [5, 5.41) is 3.36. The molecular formula is C35H35FN2O4. The third-order valence-corrected chi connectivity index (χ3v) is 7.79. The fourth-order valence-electron chi connectivity index (χ4n) is 5.54. The normalized spacial score (nSPS) is 13.8. The first-order valence-corrected chi connectivity index (χ1v) is 13.9. The van der Waals surface area contributed by atoms with E-state index in [4.69, 9.17) is 9.47 Å². The van der Waals surface area contributed by atoms with Crippen molar-refractivity contribution in [2.45, 2.75) is 46.3 Å². The van der Waals surface area contributed by atoms with Gasteiger partial charge in [-0.05, 0) is 68.1 Å². The number of anilines is 2. The molecule has 0 saturated heterocycles. The smallest absolute Gasteiger partial charge is 0.251 e. The first kappa shape index (κ1) is 28.9. The van der Waals surface area contributed by atoms with E-state index in [0.717, 1.165) is 39.1 Å². The van der Waals surface area contributed by atoms with Gasteiger partial charge in [-0.25, -0.2) is 4.39 Å². The molecule has 4 aromatic carbocycles. The van der Waals surface area contributed by atoms with Crippen LogP contribution >= 0.6 is 0 Å². The molecule has 5 rings (SSSR count). The Morgan fingerprint density at radius 2 is 1.67 bits per heavy atom. The van der Waals surface area contributed by atoms with E-state index >= 15 is 0 Å². The number of halogens is 1. The lowest BCUT2D eigenvalue weighted by atomic mass is 9.91. The molecule has 0 fully saturated rings. The van der Waals surface area contributed by atoms with Gasteiger partial charge in [0.2, 0.25) is 0 Å². The summed E-state index contributed by atoms with van der Waals surface area (Å²) in [6, 6.07) is 21.6. The molecule has 0 bridgehead atoms. The first-order chi connectivity index (χ1) is 20.0. The van der Waals surface area contributed by atoms with Gasteiger partial charge < -0.3 is 19.7 Å². The number of nitrogens with one attached hydrogen (secondary N) is 1. The van der Waals surface area contributed by atoms with Crippen molar-refractivity contribution in [3.05, 3.63) is 106 Å². The van der Waals surface area contributed by atoms with Crippen molar-refractivity contribution < 1.29 is 23.5 Å². The topological polar surface area (TPSA) is 67.9 Å². The second-order valence-corrected chi connectivity index (χ2v) is 11.3. The van der Waals surface area contributed by atoms with Crippen LogP contribution in [0.15, 0.2) is 72.8 Å². The zero-order valence-electron chi connectivity index (χ0n) is 24.8. The number of amides is 1. The van der Waals surface area contributed by atoms with Crippen molar-refractivity contribution in [3.8, 4) is 22.6 Å². The molecule has 0 atom stereocenters. The number of ether oxygens (including phenoxy) is 2. The summed E-state index contributed by atoms with van der Waals surface area (Å²) in [5.41, 5.74) is 6.29. The summed E-state index contributed by atoms with van der Waals surface area (Å²) in [6.45, 7) is 7.55. The van der Waals surface area contributed by atoms with Crippen LogP contribution in [-0.4, -0.2) is 31.4 Å². The molecule has 1 aliphatic rings. The van der Waals surface area contributed by atoms with Crippen LogP contribution in [0, 0.1) is 19.7 Å². The van der Waals surface area contributed by atoms with Crippen molar-refractivity contribution in [1.29, 1.82) is 0 Å². The van der Waals surface area contributed by atoms with E-state index in [1.54, 1.807) is 25.1 Å². The van der Waals surface area contributed by atoms with E-state index in [1.165, 1.54) is 12.1 Å². The minimum Gasteiger partial charge on any atom is -0.496 e. The van der Waals surface area contributed by atoms with Gasteiger partial charge in [0.05, 0.1) is 18.5 Å². The monoisotopic (exact) mass is 566 g/mol. The van der Waals surface area contributed by atoms with Crippen molar-refractivity contribution >= 4 is 23.1 Å². The fraction of sp³-hybridized carbons (Fsp3) is 0.257. The van der Waals surface area contributed by atoms with Gasteiger partial charge in [-0.3, -0.25) is 9.59 Å². The molecule has 7 heteroatoms. The maximum absolute atomic E-state index is 14.1. The number of carbonyl (C=O) groups excluding carboxylic acids is 2. The average molecular weight is 567 g/mol. The van der Waals surface area contributed by atoms with Crippen molar-refractivity contribution in [2.75, 3.05) is 24.4 Å². The van der Waals surface area contributed by atoms with E-state index < -0.39 is 5.54 Å². The van der Waals surface area contributed by atoms with E-state index in [2.05, 4.69) is 5.32 Å². The molecular weight excluding hydrogens is 531 g/mol. The zero-order chi connectivity index (χ0) is 30.2. The van der Waals surface area contributed by atoms with Gasteiger partial charge in [-0.2, -0.15) is 0 Å². The van der Waals surface area contributed by atoms with Gasteiger partial charge in [0.1, 0.15) is 29.5 Å². The maximum Gasteiger partial charge on any atom is 0.251 e. The van der Waals surface area contributed by atoms with E-state index in [9.17, 15) is 14.0 Å². The lowest BCUT2D eigenvalue weighted by molar-refractivity contribution is -0.121. The largest absolute Gasteiger partial charge is 0.496 e. The Kier molecular flexibility index (Phi) is 7.78. The molecule has 1 N–H and O–H groups in total. The van der Waals surface area contributed by atoms with Crippen LogP contribution in [0.5, 0.6) is 11.5 Å². The number of rotatable bonds is 8. The first-order valence-electron chi connectivity index (χ1n) is 13.9. The highest BCUT2D eigenvalue weighted by Gasteiger charge is 2.38. The molecule has 1 aliphatic heterocycles. The van der Waals surface area contributed by atoms with Gasteiger partial charge in [-0.15, -0.1) is 0 Å². The fourth-order valence-corrected chi connectivity index (χ4v) is 5.54. The number of benzene rings is 4.